The highest BCUT2D eigenvalue weighted by Crippen LogP contribution is 2.29. The normalized spacial score (nSPS) is 23.4. The molecule has 0 saturated carbocycles. The molecule has 0 aromatic heterocycles. The third kappa shape index (κ3) is 5.31. The second-order valence-corrected chi connectivity index (χ2v) is 5.86. The van der Waals surface area contributed by atoms with E-state index in [1.807, 2.05) is 13.8 Å². The van der Waals surface area contributed by atoms with Crippen LogP contribution in [0.5, 0.6) is 0 Å². The zero-order chi connectivity index (χ0) is 12.8. The van der Waals surface area contributed by atoms with E-state index in [0.717, 1.165) is 5.92 Å². The maximum atomic E-state index is 3.61. The van der Waals surface area contributed by atoms with Gasteiger partial charge in [0, 0.05) is 19.1 Å². The van der Waals surface area contributed by atoms with Crippen molar-refractivity contribution in [2.75, 3.05) is 26.7 Å². The number of hydrogen-bond acceptors (Lipinski definition) is 2. The molecule has 2 nitrogen and oxygen atoms in total. The first-order valence-electron chi connectivity index (χ1n) is 6.84. The molecule has 1 fully saturated rings. The Balaban J connectivity index is 0.00000106. The Morgan fingerprint density at radius 1 is 1.31 bits per heavy atom. The molecule has 0 aliphatic carbocycles. The highest BCUT2D eigenvalue weighted by atomic mass is 15.1. The number of likely N-dealkylation sites (N-methyl/N-ethyl adjacent to an activating group) is 1. The van der Waals surface area contributed by atoms with E-state index in [9.17, 15) is 0 Å². The molecule has 0 bridgehead atoms. The summed E-state index contributed by atoms with van der Waals surface area (Å²) in [4.78, 5) is 2.45. The summed E-state index contributed by atoms with van der Waals surface area (Å²) in [6, 6.07) is 0.672. The fourth-order valence-electron chi connectivity index (χ4n) is 2.34. The molecule has 0 spiro atoms. The van der Waals surface area contributed by atoms with Gasteiger partial charge in [-0.15, -0.1) is 0 Å². The van der Waals surface area contributed by atoms with Crippen molar-refractivity contribution in [1.82, 2.24) is 10.2 Å². The van der Waals surface area contributed by atoms with Crippen LogP contribution >= 0.6 is 0 Å². The van der Waals surface area contributed by atoms with Gasteiger partial charge in [-0.1, -0.05) is 41.5 Å². The summed E-state index contributed by atoms with van der Waals surface area (Å²) < 4.78 is 0. The number of nitrogens with one attached hydrogen (secondary N) is 1. The zero-order valence-corrected chi connectivity index (χ0v) is 12.4. The first-order chi connectivity index (χ1) is 7.42. The van der Waals surface area contributed by atoms with Gasteiger partial charge in [-0.2, -0.15) is 0 Å². The van der Waals surface area contributed by atoms with Crippen LogP contribution in [0.2, 0.25) is 0 Å². The van der Waals surface area contributed by atoms with Gasteiger partial charge in [0.05, 0.1) is 0 Å². The second kappa shape index (κ2) is 7.29. The molecule has 1 saturated heterocycles. The Bertz CT molecular complexity index is 176. The van der Waals surface area contributed by atoms with Gasteiger partial charge in [0.25, 0.3) is 0 Å². The molecule has 0 radical (unpaired) electrons. The van der Waals surface area contributed by atoms with Crippen molar-refractivity contribution < 1.29 is 0 Å². The van der Waals surface area contributed by atoms with Crippen molar-refractivity contribution in [2.24, 2.45) is 11.3 Å². The summed E-state index contributed by atoms with van der Waals surface area (Å²) >= 11 is 0. The molecule has 2 heteroatoms. The molecule has 1 aliphatic heterocycles. The fraction of sp³-hybridized carbons (Fsp3) is 1.00. The van der Waals surface area contributed by atoms with Crippen LogP contribution in [0.25, 0.3) is 0 Å². The van der Waals surface area contributed by atoms with E-state index in [-0.39, 0.29) is 0 Å². The lowest BCUT2D eigenvalue weighted by Gasteiger charge is -2.31. The van der Waals surface area contributed by atoms with Gasteiger partial charge >= 0.3 is 0 Å². The minimum absolute atomic E-state index is 0.477. The molecule has 0 amide bonds. The van der Waals surface area contributed by atoms with Crippen LogP contribution in [-0.2, 0) is 0 Å². The van der Waals surface area contributed by atoms with Gasteiger partial charge in [0.15, 0.2) is 0 Å². The summed E-state index contributed by atoms with van der Waals surface area (Å²) in [6.07, 6.45) is 1.31. The molecule has 16 heavy (non-hydrogen) atoms. The van der Waals surface area contributed by atoms with Gasteiger partial charge in [0.2, 0.25) is 0 Å². The van der Waals surface area contributed by atoms with Crippen LogP contribution in [0.4, 0.5) is 0 Å². The maximum absolute atomic E-state index is 3.61. The van der Waals surface area contributed by atoms with E-state index in [1.165, 1.54) is 26.1 Å². The first-order valence-corrected chi connectivity index (χ1v) is 6.84. The molecule has 1 rings (SSSR count). The van der Waals surface area contributed by atoms with Gasteiger partial charge in [-0.3, -0.25) is 0 Å². The zero-order valence-electron chi connectivity index (χ0n) is 12.4. The summed E-state index contributed by atoms with van der Waals surface area (Å²) in [5, 5.41) is 3.61. The molecule has 0 aromatic rings. The predicted molar refractivity (Wildman–Crippen MR) is 73.9 cm³/mol. The molecule has 1 aliphatic rings. The van der Waals surface area contributed by atoms with E-state index < -0.39 is 0 Å². The van der Waals surface area contributed by atoms with Crippen molar-refractivity contribution in [1.29, 1.82) is 0 Å². The van der Waals surface area contributed by atoms with Crippen LogP contribution in [0.1, 0.15) is 48.0 Å². The van der Waals surface area contributed by atoms with Crippen molar-refractivity contribution in [3.8, 4) is 0 Å². The largest absolute Gasteiger partial charge is 0.312 e. The Morgan fingerprint density at radius 2 is 1.88 bits per heavy atom. The summed E-state index contributed by atoms with van der Waals surface area (Å²) in [6.45, 7) is 16.9. The monoisotopic (exact) mass is 228 g/mol. The lowest BCUT2D eigenvalue weighted by Crippen LogP contribution is -2.43. The van der Waals surface area contributed by atoms with Crippen LogP contribution in [-0.4, -0.2) is 37.6 Å². The molecule has 1 atom stereocenters. The highest BCUT2D eigenvalue weighted by molar-refractivity contribution is 4.92. The smallest absolute Gasteiger partial charge is 0.0246 e. The van der Waals surface area contributed by atoms with Gasteiger partial charge < -0.3 is 10.2 Å². The number of nitrogens with zero attached hydrogens (tertiary/aromatic N) is 1. The fourth-order valence-corrected chi connectivity index (χ4v) is 2.34. The Hall–Kier alpha value is -0.0800. The van der Waals surface area contributed by atoms with E-state index in [0.29, 0.717) is 11.5 Å². The van der Waals surface area contributed by atoms with Crippen LogP contribution in [0.3, 0.4) is 0 Å². The van der Waals surface area contributed by atoms with Crippen LogP contribution in [0, 0.1) is 11.3 Å². The number of hydrogen-bond donors (Lipinski definition) is 1. The third-order valence-electron chi connectivity index (χ3n) is 3.27. The molecular weight excluding hydrogens is 196 g/mol. The second-order valence-electron chi connectivity index (χ2n) is 5.86. The topological polar surface area (TPSA) is 15.3 Å². The SMILES string of the molecule is CC.CC(C)CN(C)CC1NCCC1(C)C. The summed E-state index contributed by atoms with van der Waals surface area (Å²) in [5.74, 6) is 0.768. The van der Waals surface area contributed by atoms with Crippen LogP contribution in [0.15, 0.2) is 0 Å². The van der Waals surface area contributed by atoms with Gasteiger partial charge in [0.1, 0.15) is 0 Å². The Labute approximate surface area is 103 Å². The van der Waals surface area contributed by atoms with Gasteiger partial charge in [-0.25, -0.2) is 0 Å². The van der Waals surface area contributed by atoms with E-state index in [1.54, 1.807) is 0 Å². The first kappa shape index (κ1) is 15.9. The Morgan fingerprint density at radius 3 is 2.25 bits per heavy atom. The lowest BCUT2D eigenvalue weighted by molar-refractivity contribution is 0.209. The molecule has 1 heterocycles. The highest BCUT2D eigenvalue weighted by Gasteiger charge is 2.34. The van der Waals surface area contributed by atoms with Gasteiger partial charge in [-0.05, 0) is 31.3 Å². The average Bonchev–Trinajstić information content (AvgIpc) is 2.48. The predicted octanol–water partition coefficient (Wildman–Crippen LogP) is 2.99. The van der Waals surface area contributed by atoms with Crippen molar-refractivity contribution in [2.45, 2.75) is 54.0 Å². The van der Waals surface area contributed by atoms with Crippen molar-refractivity contribution >= 4 is 0 Å². The number of rotatable bonds is 4. The molecular formula is C14H32N2. The Kier molecular flexibility index (Phi) is 7.25. The van der Waals surface area contributed by atoms with Crippen molar-refractivity contribution in [3.63, 3.8) is 0 Å². The lowest BCUT2D eigenvalue weighted by atomic mass is 9.85. The molecule has 0 aromatic carbocycles. The third-order valence-corrected chi connectivity index (χ3v) is 3.27. The van der Waals surface area contributed by atoms with Crippen molar-refractivity contribution in [3.05, 3.63) is 0 Å². The molecule has 1 unspecified atom stereocenters. The van der Waals surface area contributed by atoms with E-state index in [2.05, 4.69) is 45.0 Å². The summed E-state index contributed by atoms with van der Waals surface area (Å²) in [7, 11) is 2.23. The maximum Gasteiger partial charge on any atom is 0.0246 e. The average molecular weight is 228 g/mol. The van der Waals surface area contributed by atoms with E-state index in [4.69, 9.17) is 0 Å². The standard InChI is InChI=1S/C12H26N2.C2H6/c1-10(2)8-14(5)9-11-12(3,4)6-7-13-11;1-2/h10-11,13H,6-9H2,1-5H3;1-2H3. The quantitative estimate of drug-likeness (QED) is 0.796. The molecule has 1 N–H and O–H groups in total. The summed E-state index contributed by atoms with van der Waals surface area (Å²) in [5.41, 5.74) is 0.477. The minimum atomic E-state index is 0.477. The van der Waals surface area contributed by atoms with Crippen LogP contribution < -0.4 is 5.32 Å². The van der Waals surface area contributed by atoms with E-state index >= 15 is 0 Å². The minimum Gasteiger partial charge on any atom is -0.312 e. The molecule has 98 valence electrons.